The molecule has 0 radical (unpaired) electrons. The van der Waals surface area contributed by atoms with E-state index in [9.17, 15) is 9.59 Å². The summed E-state index contributed by atoms with van der Waals surface area (Å²) in [7, 11) is 0. The second-order valence-corrected chi connectivity index (χ2v) is 6.17. The van der Waals surface area contributed by atoms with E-state index in [0.29, 0.717) is 13.0 Å². The molecule has 126 valence electrons. The van der Waals surface area contributed by atoms with Crippen LogP contribution in [0.4, 0.5) is 0 Å². The minimum Gasteiger partial charge on any atom is -0.479 e. The third kappa shape index (κ3) is 5.06. The van der Waals surface area contributed by atoms with Crippen LogP contribution >= 0.6 is 0 Å². The van der Waals surface area contributed by atoms with Gasteiger partial charge in [0.1, 0.15) is 0 Å². The molecule has 5 nitrogen and oxygen atoms in total. The number of carbonyl (C=O) groups excluding carboxylic acids is 1. The minimum absolute atomic E-state index is 0.0484. The molecular weight excluding hydrogens is 294 g/mol. The van der Waals surface area contributed by atoms with E-state index in [-0.39, 0.29) is 18.6 Å². The molecule has 0 bridgehead atoms. The summed E-state index contributed by atoms with van der Waals surface area (Å²) in [6.07, 6.45) is 2.50. The van der Waals surface area contributed by atoms with Crippen molar-refractivity contribution in [1.82, 2.24) is 4.90 Å². The number of carboxylic acids is 1. The maximum Gasteiger partial charge on any atom is 0.334 e. The molecule has 1 aromatic rings. The minimum atomic E-state index is -1.02. The molecule has 23 heavy (non-hydrogen) atoms. The van der Waals surface area contributed by atoms with Crippen LogP contribution in [0.15, 0.2) is 24.3 Å². The Hall–Kier alpha value is -1.88. The van der Waals surface area contributed by atoms with E-state index in [4.69, 9.17) is 9.84 Å². The lowest BCUT2D eigenvalue weighted by Crippen LogP contribution is -2.52. The van der Waals surface area contributed by atoms with Gasteiger partial charge in [-0.1, -0.05) is 37.6 Å². The van der Waals surface area contributed by atoms with Crippen LogP contribution in [0.5, 0.6) is 0 Å². The van der Waals surface area contributed by atoms with Gasteiger partial charge >= 0.3 is 5.97 Å². The van der Waals surface area contributed by atoms with Crippen LogP contribution in [0.3, 0.4) is 0 Å². The normalized spacial score (nSPS) is 21.2. The number of unbranched alkanes of at least 4 members (excludes halogenated alkanes) is 1. The fraction of sp³-hybridized carbons (Fsp3) is 0.556. The smallest absolute Gasteiger partial charge is 0.334 e. The van der Waals surface area contributed by atoms with Gasteiger partial charge in [-0.3, -0.25) is 4.79 Å². The average Bonchev–Trinajstić information content (AvgIpc) is 2.53. The number of hydrogen-bond donors (Lipinski definition) is 1. The Morgan fingerprint density at radius 2 is 1.87 bits per heavy atom. The van der Waals surface area contributed by atoms with Crippen LogP contribution in [0.2, 0.25) is 0 Å². The summed E-state index contributed by atoms with van der Waals surface area (Å²) < 4.78 is 5.34. The van der Waals surface area contributed by atoms with Gasteiger partial charge in [-0.05, 0) is 30.9 Å². The largest absolute Gasteiger partial charge is 0.479 e. The second-order valence-electron chi connectivity index (χ2n) is 6.17. The van der Waals surface area contributed by atoms with Crippen LogP contribution in [0, 0.1) is 0 Å². The molecule has 0 spiro atoms. The summed E-state index contributed by atoms with van der Waals surface area (Å²) in [4.78, 5) is 25.1. The predicted octanol–water partition coefficient (Wildman–Crippen LogP) is 2.27. The Morgan fingerprint density at radius 3 is 2.48 bits per heavy atom. The Balaban J connectivity index is 1.94. The van der Waals surface area contributed by atoms with Gasteiger partial charge in [-0.2, -0.15) is 0 Å². The number of rotatable bonds is 6. The lowest BCUT2D eigenvalue weighted by molar-refractivity contribution is -0.166. The van der Waals surface area contributed by atoms with Crippen molar-refractivity contribution < 1.29 is 19.4 Å². The van der Waals surface area contributed by atoms with Gasteiger partial charge in [0, 0.05) is 6.54 Å². The zero-order chi connectivity index (χ0) is 16.8. The summed E-state index contributed by atoms with van der Waals surface area (Å²) in [5, 5.41) is 9.08. The van der Waals surface area contributed by atoms with Gasteiger partial charge in [0.05, 0.1) is 19.1 Å². The number of carboxylic acid groups (broad SMARTS) is 1. The van der Waals surface area contributed by atoms with Crippen molar-refractivity contribution >= 4 is 11.9 Å². The summed E-state index contributed by atoms with van der Waals surface area (Å²) >= 11 is 0. The first kappa shape index (κ1) is 17.5. The van der Waals surface area contributed by atoms with Gasteiger partial charge in [-0.25, -0.2) is 4.79 Å². The van der Waals surface area contributed by atoms with Crippen LogP contribution in [0.1, 0.15) is 37.8 Å². The molecule has 0 aliphatic carbocycles. The van der Waals surface area contributed by atoms with Gasteiger partial charge in [0.15, 0.2) is 6.10 Å². The molecule has 0 saturated carbocycles. The molecule has 0 aromatic heterocycles. The van der Waals surface area contributed by atoms with E-state index in [0.717, 1.165) is 12.0 Å². The molecule has 1 amide bonds. The van der Waals surface area contributed by atoms with Gasteiger partial charge in [0.25, 0.3) is 0 Å². The first-order valence-electron chi connectivity index (χ1n) is 8.23. The maximum absolute atomic E-state index is 12.4. The second kappa shape index (κ2) is 8.11. The highest BCUT2D eigenvalue weighted by Crippen LogP contribution is 2.14. The number of morpholine rings is 1. The maximum atomic E-state index is 12.4. The predicted molar refractivity (Wildman–Crippen MR) is 87.3 cm³/mol. The number of hydrogen-bond acceptors (Lipinski definition) is 3. The van der Waals surface area contributed by atoms with Crippen LogP contribution in [0.25, 0.3) is 0 Å². The molecule has 1 aliphatic rings. The van der Waals surface area contributed by atoms with E-state index in [1.807, 2.05) is 12.1 Å². The molecule has 1 heterocycles. The van der Waals surface area contributed by atoms with Crippen molar-refractivity contribution in [2.75, 3.05) is 13.1 Å². The first-order chi connectivity index (χ1) is 11.0. The lowest BCUT2D eigenvalue weighted by atomic mass is 10.0. The van der Waals surface area contributed by atoms with Gasteiger partial charge in [-0.15, -0.1) is 0 Å². The number of amides is 1. The SMILES string of the molecule is CCCCc1ccc(CC(=O)N2CC(C(=O)O)O[C@H](C)C2)cc1. The summed E-state index contributed by atoms with van der Waals surface area (Å²) in [6, 6.07) is 8.11. The molecule has 1 aliphatic heterocycles. The molecule has 1 saturated heterocycles. The summed E-state index contributed by atoms with van der Waals surface area (Å²) in [5.74, 6) is -1.07. The van der Waals surface area contributed by atoms with Crippen molar-refractivity contribution in [2.24, 2.45) is 0 Å². The molecule has 2 rings (SSSR count). The Morgan fingerprint density at radius 1 is 1.22 bits per heavy atom. The number of nitrogens with zero attached hydrogens (tertiary/aromatic N) is 1. The van der Waals surface area contributed by atoms with Crippen LogP contribution < -0.4 is 0 Å². The van der Waals surface area contributed by atoms with Crippen molar-refractivity contribution in [2.45, 2.75) is 51.7 Å². The van der Waals surface area contributed by atoms with E-state index in [1.54, 1.807) is 11.8 Å². The van der Waals surface area contributed by atoms with Crippen molar-refractivity contribution in [3.63, 3.8) is 0 Å². The highest BCUT2D eigenvalue weighted by atomic mass is 16.5. The standard InChI is InChI=1S/C18H25NO4/c1-3-4-5-14-6-8-15(9-7-14)10-17(20)19-11-13(2)23-16(12-19)18(21)22/h6-9,13,16H,3-5,10-12H2,1-2H3,(H,21,22)/t13-,16?/m1/s1. The van der Waals surface area contributed by atoms with Crippen molar-refractivity contribution in [3.8, 4) is 0 Å². The fourth-order valence-electron chi connectivity index (χ4n) is 2.78. The molecule has 1 N–H and O–H groups in total. The summed E-state index contributed by atoms with van der Waals surface area (Å²) in [5.41, 5.74) is 2.25. The number of benzene rings is 1. The summed E-state index contributed by atoms with van der Waals surface area (Å²) in [6.45, 7) is 4.52. The van der Waals surface area contributed by atoms with Crippen LogP contribution in [-0.2, 0) is 27.2 Å². The monoisotopic (exact) mass is 319 g/mol. The number of aryl methyl sites for hydroxylation is 1. The van der Waals surface area contributed by atoms with Gasteiger partial charge < -0.3 is 14.7 Å². The third-order valence-electron chi connectivity index (χ3n) is 4.09. The van der Waals surface area contributed by atoms with E-state index >= 15 is 0 Å². The molecular formula is C18H25NO4. The molecule has 2 atom stereocenters. The average molecular weight is 319 g/mol. The van der Waals surface area contributed by atoms with Crippen molar-refractivity contribution in [1.29, 1.82) is 0 Å². The molecule has 1 unspecified atom stereocenters. The molecule has 1 aromatic carbocycles. The third-order valence-corrected chi connectivity index (χ3v) is 4.09. The first-order valence-corrected chi connectivity index (χ1v) is 8.23. The quantitative estimate of drug-likeness (QED) is 0.873. The number of carbonyl (C=O) groups is 2. The van der Waals surface area contributed by atoms with Gasteiger partial charge in [0.2, 0.25) is 5.91 Å². The van der Waals surface area contributed by atoms with Crippen LogP contribution in [-0.4, -0.2) is 47.2 Å². The molecule has 5 heteroatoms. The van der Waals surface area contributed by atoms with Crippen molar-refractivity contribution in [3.05, 3.63) is 35.4 Å². The Bertz CT molecular complexity index is 540. The number of ether oxygens (including phenoxy) is 1. The highest BCUT2D eigenvalue weighted by molar-refractivity contribution is 5.80. The van der Waals surface area contributed by atoms with E-state index < -0.39 is 12.1 Å². The fourth-order valence-corrected chi connectivity index (χ4v) is 2.78. The zero-order valence-corrected chi connectivity index (χ0v) is 13.8. The van der Waals surface area contributed by atoms with E-state index in [1.165, 1.54) is 18.4 Å². The Labute approximate surface area is 137 Å². The topological polar surface area (TPSA) is 66.8 Å². The lowest BCUT2D eigenvalue weighted by Gasteiger charge is -2.35. The molecule has 1 fully saturated rings. The Kier molecular flexibility index (Phi) is 6.16. The van der Waals surface area contributed by atoms with E-state index in [2.05, 4.69) is 19.1 Å². The highest BCUT2D eigenvalue weighted by Gasteiger charge is 2.32. The number of aliphatic carboxylic acids is 1. The zero-order valence-electron chi connectivity index (χ0n) is 13.8.